The number of rotatable bonds is 8. The second-order valence-electron chi connectivity index (χ2n) is 4.61. The van der Waals surface area contributed by atoms with Crippen LogP contribution >= 0.6 is 0 Å². The summed E-state index contributed by atoms with van der Waals surface area (Å²) in [5.74, 6) is -0.195. The molecule has 1 N–H and O–H groups in total. The molecule has 1 rings (SSSR count). The quantitative estimate of drug-likeness (QED) is 0.784. The molecule has 1 aromatic carbocycles. The Morgan fingerprint density at radius 3 is 2.50 bits per heavy atom. The molecule has 0 unspecified atom stereocenters. The third-order valence-corrected chi connectivity index (χ3v) is 2.79. The zero-order chi connectivity index (χ0) is 15.0. The Kier molecular flexibility index (Phi) is 6.41. The minimum absolute atomic E-state index is 0.140. The van der Waals surface area contributed by atoms with Crippen molar-refractivity contribution in [3.63, 3.8) is 0 Å². The van der Waals surface area contributed by atoms with Crippen LogP contribution < -0.4 is 10.1 Å². The first kappa shape index (κ1) is 16.4. The Hall–Kier alpha value is -1.66. The average Bonchev–Trinajstić information content (AvgIpc) is 2.45. The van der Waals surface area contributed by atoms with Gasteiger partial charge < -0.3 is 19.5 Å². The van der Waals surface area contributed by atoms with Crippen molar-refractivity contribution < 1.29 is 23.4 Å². The molecule has 0 fully saturated rings. The Morgan fingerprint density at radius 2 is 1.95 bits per heavy atom. The summed E-state index contributed by atoms with van der Waals surface area (Å²) < 4.78 is 28.2. The van der Waals surface area contributed by atoms with Crippen molar-refractivity contribution in [2.24, 2.45) is 0 Å². The zero-order valence-corrected chi connectivity index (χ0v) is 11.9. The zero-order valence-electron chi connectivity index (χ0n) is 11.9. The molecule has 112 valence electrons. The highest BCUT2D eigenvalue weighted by molar-refractivity contribution is 5.77. The Morgan fingerprint density at radius 1 is 1.30 bits per heavy atom. The molecular formula is C14H20FNO4. The summed E-state index contributed by atoms with van der Waals surface area (Å²) in [6.07, 6.45) is 0. The number of hydrogen-bond acceptors (Lipinski definition) is 4. The fraction of sp³-hybridized carbons (Fsp3) is 0.500. The van der Waals surface area contributed by atoms with E-state index in [1.807, 2.05) is 6.92 Å². The second-order valence-corrected chi connectivity index (χ2v) is 4.61. The highest BCUT2D eigenvalue weighted by Gasteiger charge is 2.24. The van der Waals surface area contributed by atoms with Gasteiger partial charge >= 0.3 is 0 Å². The lowest BCUT2D eigenvalue weighted by Gasteiger charge is -2.27. The van der Waals surface area contributed by atoms with Crippen LogP contribution in [0.15, 0.2) is 24.3 Å². The molecule has 0 radical (unpaired) electrons. The van der Waals surface area contributed by atoms with Crippen molar-refractivity contribution in [3.8, 4) is 5.75 Å². The number of methoxy groups -OCH3 is 2. The molecule has 0 aliphatic rings. The average molecular weight is 285 g/mol. The van der Waals surface area contributed by atoms with E-state index in [9.17, 15) is 9.18 Å². The molecule has 20 heavy (non-hydrogen) atoms. The first-order valence-corrected chi connectivity index (χ1v) is 6.18. The van der Waals surface area contributed by atoms with Crippen molar-refractivity contribution in [1.29, 1.82) is 0 Å². The molecule has 0 bridgehead atoms. The molecule has 0 heterocycles. The third kappa shape index (κ3) is 5.54. The van der Waals surface area contributed by atoms with Crippen LogP contribution in [0.4, 0.5) is 4.39 Å². The van der Waals surface area contributed by atoms with E-state index < -0.39 is 5.60 Å². The molecule has 0 saturated heterocycles. The molecule has 6 heteroatoms. The first-order valence-electron chi connectivity index (χ1n) is 6.18. The Bertz CT molecular complexity index is 424. The normalized spacial score (nSPS) is 13.6. The molecule has 5 nitrogen and oxygen atoms in total. The Labute approximate surface area is 118 Å². The van der Waals surface area contributed by atoms with Crippen LogP contribution in [0, 0.1) is 5.82 Å². The predicted octanol–water partition coefficient (Wildman–Crippen LogP) is 1.37. The summed E-state index contributed by atoms with van der Waals surface area (Å²) in [6, 6.07) is 5.47. The first-order chi connectivity index (χ1) is 9.49. The fourth-order valence-corrected chi connectivity index (χ4v) is 1.50. The highest BCUT2D eigenvalue weighted by Crippen LogP contribution is 2.11. The topological polar surface area (TPSA) is 56.8 Å². The number of amides is 1. The summed E-state index contributed by atoms with van der Waals surface area (Å²) in [4.78, 5) is 11.6. The Balaban J connectivity index is 2.35. The smallest absolute Gasteiger partial charge is 0.258 e. The molecule has 1 amide bonds. The molecule has 0 saturated carbocycles. The lowest BCUT2D eigenvalue weighted by atomic mass is 10.1. The predicted molar refractivity (Wildman–Crippen MR) is 72.2 cm³/mol. The minimum atomic E-state index is -0.583. The standard InChI is InChI=1S/C14H20FNO4/c1-14(19-3,10-18-2)9-16-13(17)8-20-12-6-4-11(15)5-7-12/h4-7H,8-10H2,1-3H3,(H,16,17)/t14-/m0/s1. The summed E-state index contributed by atoms with van der Waals surface area (Å²) >= 11 is 0. The maximum Gasteiger partial charge on any atom is 0.258 e. The van der Waals surface area contributed by atoms with Crippen LogP contribution in [-0.4, -0.2) is 45.5 Å². The van der Waals surface area contributed by atoms with Crippen molar-refractivity contribution >= 4 is 5.91 Å². The molecule has 1 atom stereocenters. The van der Waals surface area contributed by atoms with E-state index in [0.717, 1.165) is 0 Å². The van der Waals surface area contributed by atoms with Gasteiger partial charge in [0.15, 0.2) is 6.61 Å². The van der Waals surface area contributed by atoms with Crippen molar-refractivity contribution in [2.75, 3.05) is 34.0 Å². The van der Waals surface area contributed by atoms with Gasteiger partial charge in [0.1, 0.15) is 17.2 Å². The van der Waals surface area contributed by atoms with Crippen molar-refractivity contribution in [1.82, 2.24) is 5.32 Å². The number of carbonyl (C=O) groups excluding carboxylic acids is 1. The molecule has 0 aliphatic carbocycles. The van der Waals surface area contributed by atoms with Crippen LogP contribution in [-0.2, 0) is 14.3 Å². The van der Waals surface area contributed by atoms with E-state index in [4.69, 9.17) is 14.2 Å². The van der Waals surface area contributed by atoms with E-state index >= 15 is 0 Å². The molecule has 1 aromatic rings. The lowest BCUT2D eigenvalue weighted by molar-refractivity contribution is -0.125. The summed E-state index contributed by atoms with van der Waals surface area (Å²) in [5.41, 5.74) is -0.583. The van der Waals surface area contributed by atoms with Gasteiger partial charge in [0, 0.05) is 20.8 Å². The SMILES string of the molecule is COC[C@](C)(CNC(=O)COc1ccc(F)cc1)OC. The number of carbonyl (C=O) groups is 1. The molecule has 0 spiro atoms. The number of ether oxygens (including phenoxy) is 3. The monoisotopic (exact) mass is 285 g/mol. The third-order valence-electron chi connectivity index (χ3n) is 2.79. The largest absolute Gasteiger partial charge is 0.484 e. The highest BCUT2D eigenvalue weighted by atomic mass is 19.1. The summed E-state index contributed by atoms with van der Waals surface area (Å²) in [7, 11) is 3.12. The maximum atomic E-state index is 12.7. The fourth-order valence-electron chi connectivity index (χ4n) is 1.50. The molecular weight excluding hydrogens is 265 g/mol. The van der Waals surface area contributed by atoms with Crippen LogP contribution in [0.5, 0.6) is 5.75 Å². The van der Waals surface area contributed by atoms with Gasteiger partial charge in [-0.2, -0.15) is 0 Å². The van der Waals surface area contributed by atoms with E-state index in [1.165, 1.54) is 24.3 Å². The number of hydrogen-bond donors (Lipinski definition) is 1. The van der Waals surface area contributed by atoms with E-state index in [1.54, 1.807) is 14.2 Å². The number of halogens is 1. The van der Waals surface area contributed by atoms with Crippen molar-refractivity contribution in [3.05, 3.63) is 30.1 Å². The van der Waals surface area contributed by atoms with Gasteiger partial charge in [-0.1, -0.05) is 0 Å². The van der Waals surface area contributed by atoms with Gasteiger partial charge in [0.05, 0.1) is 6.61 Å². The van der Waals surface area contributed by atoms with Crippen LogP contribution in [0.25, 0.3) is 0 Å². The number of nitrogens with one attached hydrogen (secondary N) is 1. The van der Waals surface area contributed by atoms with Crippen LogP contribution in [0.1, 0.15) is 6.92 Å². The van der Waals surface area contributed by atoms with Gasteiger partial charge in [-0.3, -0.25) is 4.79 Å². The molecule has 0 aliphatic heterocycles. The van der Waals surface area contributed by atoms with Gasteiger partial charge in [-0.05, 0) is 31.2 Å². The van der Waals surface area contributed by atoms with Gasteiger partial charge in [-0.25, -0.2) is 4.39 Å². The van der Waals surface area contributed by atoms with Crippen molar-refractivity contribution in [2.45, 2.75) is 12.5 Å². The molecule has 0 aromatic heterocycles. The summed E-state index contributed by atoms with van der Waals surface area (Å²) in [6.45, 7) is 2.36. The second kappa shape index (κ2) is 7.81. The number of benzene rings is 1. The summed E-state index contributed by atoms with van der Waals surface area (Å²) in [5, 5.41) is 2.70. The van der Waals surface area contributed by atoms with Gasteiger partial charge in [0.2, 0.25) is 0 Å². The van der Waals surface area contributed by atoms with E-state index in [2.05, 4.69) is 5.32 Å². The van der Waals surface area contributed by atoms with Crippen LogP contribution in [0.3, 0.4) is 0 Å². The van der Waals surface area contributed by atoms with Crippen LogP contribution in [0.2, 0.25) is 0 Å². The van der Waals surface area contributed by atoms with Gasteiger partial charge in [-0.15, -0.1) is 0 Å². The van der Waals surface area contributed by atoms with Gasteiger partial charge in [0.25, 0.3) is 5.91 Å². The van der Waals surface area contributed by atoms with E-state index in [0.29, 0.717) is 18.9 Å². The lowest BCUT2D eigenvalue weighted by Crippen LogP contribution is -2.46. The van der Waals surface area contributed by atoms with E-state index in [-0.39, 0.29) is 18.3 Å². The maximum absolute atomic E-state index is 12.7. The minimum Gasteiger partial charge on any atom is -0.484 e.